The fourth-order valence-corrected chi connectivity index (χ4v) is 3.64. The summed E-state index contributed by atoms with van der Waals surface area (Å²) in [7, 11) is 1.99. The van der Waals surface area contributed by atoms with Gasteiger partial charge in [-0.2, -0.15) is 0 Å². The van der Waals surface area contributed by atoms with Crippen LogP contribution in [0.1, 0.15) is 29.3 Å². The van der Waals surface area contributed by atoms with E-state index in [4.69, 9.17) is 4.74 Å². The summed E-state index contributed by atoms with van der Waals surface area (Å²) in [5.74, 6) is 0.980. The van der Waals surface area contributed by atoms with Crippen molar-refractivity contribution in [3.05, 3.63) is 50.6 Å². The molecule has 0 saturated heterocycles. The maximum atomic E-state index is 5.78. The van der Waals surface area contributed by atoms with E-state index in [1.165, 1.54) is 23.3 Å². The summed E-state index contributed by atoms with van der Waals surface area (Å²) in [6, 6.07) is 12.9. The number of hydrogen-bond donors (Lipinski definition) is 1. The van der Waals surface area contributed by atoms with Gasteiger partial charge in [0.1, 0.15) is 5.75 Å². The molecule has 2 nitrogen and oxygen atoms in total. The van der Waals surface area contributed by atoms with Gasteiger partial charge >= 0.3 is 0 Å². The van der Waals surface area contributed by atoms with E-state index in [0.717, 1.165) is 9.54 Å². The summed E-state index contributed by atoms with van der Waals surface area (Å²) in [5.41, 5.74) is 1.26. The van der Waals surface area contributed by atoms with Crippen LogP contribution in [0.3, 0.4) is 0 Å². The van der Waals surface area contributed by atoms with Gasteiger partial charge < -0.3 is 10.1 Å². The number of rotatable bonds is 5. The van der Waals surface area contributed by atoms with E-state index in [1.807, 2.05) is 7.05 Å². The van der Waals surface area contributed by atoms with E-state index in [2.05, 4.69) is 57.6 Å². The number of nitrogens with one attached hydrogen (secondary N) is 1. The minimum Gasteiger partial charge on any atom is -0.490 e. The molecule has 100 valence electrons. The third kappa shape index (κ3) is 3.19. The van der Waals surface area contributed by atoms with Crippen molar-refractivity contribution in [1.29, 1.82) is 0 Å². The highest BCUT2D eigenvalue weighted by molar-refractivity contribution is 9.11. The van der Waals surface area contributed by atoms with Gasteiger partial charge in [-0.15, -0.1) is 11.3 Å². The molecule has 1 heterocycles. The topological polar surface area (TPSA) is 21.3 Å². The molecule has 3 rings (SSSR count). The summed E-state index contributed by atoms with van der Waals surface area (Å²) < 4.78 is 6.94. The average molecular weight is 338 g/mol. The lowest BCUT2D eigenvalue weighted by atomic mass is 10.1. The maximum absolute atomic E-state index is 5.78. The summed E-state index contributed by atoms with van der Waals surface area (Å²) in [5, 5.41) is 3.37. The Morgan fingerprint density at radius 2 is 1.95 bits per heavy atom. The van der Waals surface area contributed by atoms with Gasteiger partial charge in [0.25, 0.3) is 0 Å². The van der Waals surface area contributed by atoms with Gasteiger partial charge in [-0.25, -0.2) is 0 Å². The quantitative estimate of drug-likeness (QED) is 0.875. The van der Waals surface area contributed by atoms with Crippen LogP contribution in [0.25, 0.3) is 0 Å². The average Bonchev–Trinajstić information content (AvgIpc) is 3.13. The van der Waals surface area contributed by atoms with Crippen LogP contribution in [-0.4, -0.2) is 13.2 Å². The smallest absolute Gasteiger partial charge is 0.119 e. The predicted octanol–water partition coefficient (Wildman–Crippen LogP) is 4.36. The second-order valence-electron chi connectivity index (χ2n) is 4.75. The van der Waals surface area contributed by atoms with Crippen LogP contribution in [0, 0.1) is 0 Å². The van der Waals surface area contributed by atoms with Gasteiger partial charge in [-0.3, -0.25) is 0 Å². The Labute approximate surface area is 125 Å². The highest BCUT2D eigenvalue weighted by Gasteiger charge is 2.23. The van der Waals surface area contributed by atoms with E-state index in [-0.39, 0.29) is 6.04 Å². The number of hydrogen-bond acceptors (Lipinski definition) is 3. The van der Waals surface area contributed by atoms with Crippen molar-refractivity contribution < 1.29 is 4.74 Å². The molecule has 0 amide bonds. The van der Waals surface area contributed by atoms with Gasteiger partial charge in [0.15, 0.2) is 0 Å². The van der Waals surface area contributed by atoms with Gasteiger partial charge in [0.2, 0.25) is 0 Å². The SMILES string of the molecule is CNC(c1ccc(OC2CC2)cc1)c1ccc(Br)s1. The van der Waals surface area contributed by atoms with Crippen molar-refractivity contribution in [2.75, 3.05) is 7.05 Å². The predicted molar refractivity (Wildman–Crippen MR) is 83.0 cm³/mol. The van der Waals surface area contributed by atoms with Crippen LogP contribution in [0.5, 0.6) is 5.75 Å². The number of ether oxygens (including phenoxy) is 1. The zero-order chi connectivity index (χ0) is 13.2. The lowest BCUT2D eigenvalue weighted by Gasteiger charge is -2.15. The Bertz CT molecular complexity index is 548. The van der Waals surface area contributed by atoms with Gasteiger partial charge in [-0.1, -0.05) is 12.1 Å². The Balaban J connectivity index is 1.78. The third-order valence-electron chi connectivity index (χ3n) is 3.21. The minimum atomic E-state index is 0.242. The first kappa shape index (κ1) is 13.2. The van der Waals surface area contributed by atoms with Crippen LogP contribution in [0.4, 0.5) is 0 Å². The lowest BCUT2D eigenvalue weighted by molar-refractivity contribution is 0.303. The second-order valence-corrected chi connectivity index (χ2v) is 7.24. The summed E-state index contributed by atoms with van der Waals surface area (Å²) >= 11 is 5.28. The molecule has 2 aromatic rings. The Kier molecular flexibility index (Phi) is 3.91. The first-order valence-corrected chi connectivity index (χ1v) is 8.06. The van der Waals surface area contributed by atoms with E-state index in [9.17, 15) is 0 Å². The van der Waals surface area contributed by atoms with Crippen molar-refractivity contribution in [2.24, 2.45) is 0 Å². The minimum absolute atomic E-state index is 0.242. The fraction of sp³-hybridized carbons (Fsp3) is 0.333. The summed E-state index contributed by atoms with van der Waals surface area (Å²) in [6.07, 6.45) is 2.85. The van der Waals surface area contributed by atoms with Crippen LogP contribution in [0.2, 0.25) is 0 Å². The lowest BCUT2D eigenvalue weighted by Crippen LogP contribution is -2.16. The molecule has 1 aliphatic rings. The number of halogens is 1. The van der Waals surface area contributed by atoms with E-state index in [0.29, 0.717) is 6.10 Å². The van der Waals surface area contributed by atoms with Crippen molar-refractivity contribution in [3.63, 3.8) is 0 Å². The summed E-state index contributed by atoms with van der Waals surface area (Å²) in [4.78, 5) is 1.31. The monoisotopic (exact) mass is 337 g/mol. The van der Waals surface area contributed by atoms with Crippen LogP contribution in [-0.2, 0) is 0 Å². The molecule has 1 unspecified atom stereocenters. The molecule has 1 N–H and O–H groups in total. The van der Waals surface area contributed by atoms with Crippen LogP contribution < -0.4 is 10.1 Å². The van der Waals surface area contributed by atoms with E-state index < -0.39 is 0 Å². The Morgan fingerprint density at radius 1 is 1.21 bits per heavy atom. The number of thiophene rings is 1. The molecule has 4 heteroatoms. The standard InChI is InChI=1S/C15H16BrNOS/c1-17-15(13-8-9-14(16)19-13)10-2-4-11(5-3-10)18-12-6-7-12/h2-5,8-9,12,15,17H,6-7H2,1H3. The van der Waals surface area contributed by atoms with Crippen molar-refractivity contribution in [3.8, 4) is 5.75 Å². The molecule has 1 aromatic heterocycles. The van der Waals surface area contributed by atoms with E-state index in [1.54, 1.807) is 11.3 Å². The molecule has 0 radical (unpaired) electrons. The number of benzene rings is 1. The highest BCUT2D eigenvalue weighted by Crippen LogP contribution is 2.32. The molecule has 1 saturated carbocycles. The Morgan fingerprint density at radius 3 is 2.47 bits per heavy atom. The fourth-order valence-electron chi connectivity index (χ4n) is 2.07. The highest BCUT2D eigenvalue weighted by atomic mass is 79.9. The van der Waals surface area contributed by atoms with Crippen molar-refractivity contribution >= 4 is 27.3 Å². The molecular formula is C15H16BrNOS. The van der Waals surface area contributed by atoms with E-state index >= 15 is 0 Å². The zero-order valence-electron chi connectivity index (χ0n) is 10.7. The zero-order valence-corrected chi connectivity index (χ0v) is 13.1. The van der Waals surface area contributed by atoms with Crippen molar-refractivity contribution in [1.82, 2.24) is 5.32 Å². The molecule has 0 spiro atoms. The van der Waals surface area contributed by atoms with Crippen LogP contribution >= 0.6 is 27.3 Å². The first-order valence-electron chi connectivity index (χ1n) is 6.45. The molecule has 1 aliphatic carbocycles. The third-order valence-corrected chi connectivity index (χ3v) is 4.90. The van der Waals surface area contributed by atoms with Crippen molar-refractivity contribution in [2.45, 2.75) is 25.0 Å². The van der Waals surface area contributed by atoms with Gasteiger partial charge in [0, 0.05) is 4.88 Å². The summed E-state index contributed by atoms with van der Waals surface area (Å²) in [6.45, 7) is 0. The molecular weight excluding hydrogens is 322 g/mol. The molecule has 1 fully saturated rings. The first-order chi connectivity index (χ1) is 9.26. The Hall–Kier alpha value is -0.840. The van der Waals surface area contributed by atoms with Crippen LogP contribution in [0.15, 0.2) is 40.2 Å². The van der Waals surface area contributed by atoms with Gasteiger partial charge in [-0.05, 0) is 65.6 Å². The molecule has 0 bridgehead atoms. The second kappa shape index (κ2) is 5.65. The molecule has 19 heavy (non-hydrogen) atoms. The molecule has 1 aromatic carbocycles. The van der Waals surface area contributed by atoms with Gasteiger partial charge in [0.05, 0.1) is 15.9 Å². The normalized spacial score (nSPS) is 16.3. The molecule has 0 aliphatic heterocycles. The molecule has 1 atom stereocenters. The largest absolute Gasteiger partial charge is 0.490 e. The maximum Gasteiger partial charge on any atom is 0.119 e.